The number of benzene rings is 1. The van der Waals surface area contributed by atoms with E-state index in [1.54, 1.807) is 19.3 Å². The molecule has 98 valence electrons. The van der Waals surface area contributed by atoms with Gasteiger partial charge in [-0.05, 0) is 19.1 Å². The second-order valence-corrected chi connectivity index (χ2v) is 4.18. The third-order valence-electron chi connectivity index (χ3n) is 2.65. The number of hydrogen-bond donors (Lipinski definition) is 1. The summed E-state index contributed by atoms with van der Waals surface area (Å²) in [7, 11) is 0. The predicted octanol–water partition coefficient (Wildman–Crippen LogP) is 2.91. The Morgan fingerprint density at radius 3 is 3.05 bits per heavy atom. The van der Waals surface area contributed by atoms with Crippen molar-refractivity contribution in [2.24, 2.45) is 0 Å². The first-order valence-electron chi connectivity index (χ1n) is 6.30. The summed E-state index contributed by atoms with van der Waals surface area (Å²) in [5.74, 6) is 6.66. The molecule has 20 heavy (non-hydrogen) atoms. The topological polar surface area (TPSA) is 61.6 Å². The minimum absolute atomic E-state index is 0.618. The van der Waals surface area contributed by atoms with E-state index in [9.17, 15) is 0 Å². The van der Waals surface area contributed by atoms with Gasteiger partial charge >= 0.3 is 0 Å². The second-order valence-electron chi connectivity index (χ2n) is 4.18. The molecule has 0 radical (unpaired) electrons. The molecule has 0 aliphatic carbocycles. The number of aromatic nitrogens is 2. The molecule has 1 heterocycles. The van der Waals surface area contributed by atoms with Crippen LogP contribution in [0.15, 0.2) is 42.2 Å². The zero-order chi connectivity index (χ0) is 14.2. The van der Waals surface area contributed by atoms with Crippen LogP contribution in [0.25, 0.3) is 10.9 Å². The summed E-state index contributed by atoms with van der Waals surface area (Å²) in [4.78, 5) is 8.45. The maximum absolute atomic E-state index is 8.57. The Morgan fingerprint density at radius 1 is 1.35 bits per heavy atom. The van der Waals surface area contributed by atoms with Crippen molar-refractivity contribution < 1.29 is 0 Å². The molecule has 0 saturated carbocycles. The summed E-state index contributed by atoms with van der Waals surface area (Å²) in [6.07, 6.45) is 3.86. The molecule has 2 aromatic rings. The highest BCUT2D eigenvalue weighted by Crippen LogP contribution is 2.17. The normalized spacial score (nSPS) is 10.5. The van der Waals surface area contributed by atoms with Crippen LogP contribution < -0.4 is 5.32 Å². The van der Waals surface area contributed by atoms with Crippen molar-refractivity contribution in [3.63, 3.8) is 0 Å². The van der Waals surface area contributed by atoms with Crippen molar-refractivity contribution in [3.8, 4) is 17.9 Å². The van der Waals surface area contributed by atoms with Crippen LogP contribution in [0.2, 0.25) is 0 Å². The summed E-state index contributed by atoms with van der Waals surface area (Å²) < 4.78 is 0. The minimum Gasteiger partial charge on any atom is -0.368 e. The highest BCUT2D eigenvalue weighted by molar-refractivity contribution is 5.88. The van der Waals surface area contributed by atoms with Gasteiger partial charge in [-0.2, -0.15) is 5.26 Å². The molecule has 0 amide bonds. The van der Waals surface area contributed by atoms with E-state index in [0.29, 0.717) is 18.5 Å². The van der Waals surface area contributed by atoms with Crippen molar-refractivity contribution in [2.45, 2.75) is 13.3 Å². The Balaban J connectivity index is 1.96. The lowest BCUT2D eigenvalue weighted by atomic mass is 10.2. The Bertz CT molecular complexity index is 724. The number of anilines is 1. The molecular weight excluding hydrogens is 248 g/mol. The molecule has 0 bridgehead atoms. The summed E-state index contributed by atoms with van der Waals surface area (Å²) in [6.45, 7) is 2.44. The maximum atomic E-state index is 8.57. The molecule has 1 N–H and O–H groups in total. The molecule has 0 unspecified atom stereocenters. The molecular formula is C16H14N4. The SMILES string of the molecule is CC(C#N)=CC#CCCNc1ncnc2ccccc12. The van der Waals surface area contributed by atoms with E-state index in [0.717, 1.165) is 16.7 Å². The van der Waals surface area contributed by atoms with Gasteiger partial charge in [0.2, 0.25) is 0 Å². The molecule has 4 nitrogen and oxygen atoms in total. The molecule has 2 rings (SSSR count). The standard InChI is InChI=1S/C16H14N4/c1-13(11-17)7-3-2-6-10-18-16-14-8-4-5-9-15(14)19-12-20-16/h4-5,7-9,12H,6,10H2,1H3,(H,18,19,20). The van der Waals surface area contributed by atoms with Gasteiger partial charge in [0, 0.05) is 30.0 Å². The number of rotatable bonds is 3. The van der Waals surface area contributed by atoms with Gasteiger partial charge in [0.25, 0.3) is 0 Å². The van der Waals surface area contributed by atoms with E-state index in [1.807, 2.05) is 30.3 Å². The Labute approximate surface area is 118 Å². The first-order chi connectivity index (χ1) is 9.81. The van der Waals surface area contributed by atoms with Gasteiger partial charge < -0.3 is 5.32 Å². The number of hydrogen-bond acceptors (Lipinski definition) is 4. The molecule has 0 spiro atoms. The molecule has 1 aromatic carbocycles. The average Bonchev–Trinajstić information content (AvgIpc) is 2.50. The highest BCUT2D eigenvalue weighted by atomic mass is 15.0. The molecule has 0 fully saturated rings. The number of para-hydroxylation sites is 1. The van der Waals surface area contributed by atoms with Gasteiger partial charge in [-0.3, -0.25) is 0 Å². The van der Waals surface area contributed by atoms with Gasteiger partial charge in [-0.25, -0.2) is 9.97 Å². The van der Waals surface area contributed by atoms with Crippen LogP contribution >= 0.6 is 0 Å². The number of nitriles is 1. The number of nitrogens with one attached hydrogen (secondary N) is 1. The van der Waals surface area contributed by atoms with Crippen LogP contribution in [0.4, 0.5) is 5.82 Å². The lowest BCUT2D eigenvalue weighted by molar-refractivity contribution is 1.07. The molecule has 4 heteroatoms. The first kappa shape index (κ1) is 13.6. The zero-order valence-electron chi connectivity index (χ0n) is 11.2. The van der Waals surface area contributed by atoms with E-state index in [1.165, 1.54) is 0 Å². The first-order valence-corrected chi connectivity index (χ1v) is 6.30. The summed E-state index contributed by atoms with van der Waals surface area (Å²) in [5, 5.41) is 12.8. The van der Waals surface area contributed by atoms with Gasteiger partial charge in [-0.15, -0.1) is 0 Å². The van der Waals surface area contributed by atoms with Gasteiger partial charge in [0.1, 0.15) is 12.1 Å². The van der Waals surface area contributed by atoms with E-state index in [-0.39, 0.29) is 0 Å². The van der Waals surface area contributed by atoms with Crippen LogP contribution in [-0.4, -0.2) is 16.5 Å². The third-order valence-corrected chi connectivity index (χ3v) is 2.65. The minimum atomic E-state index is 0.618. The monoisotopic (exact) mass is 262 g/mol. The van der Waals surface area contributed by atoms with Crippen LogP contribution in [0, 0.1) is 23.2 Å². The van der Waals surface area contributed by atoms with E-state index in [4.69, 9.17) is 5.26 Å². The van der Waals surface area contributed by atoms with Crippen LogP contribution in [-0.2, 0) is 0 Å². The smallest absolute Gasteiger partial charge is 0.137 e. The molecule has 1 aromatic heterocycles. The summed E-state index contributed by atoms with van der Waals surface area (Å²) in [5.41, 5.74) is 1.54. The maximum Gasteiger partial charge on any atom is 0.137 e. The number of fused-ring (bicyclic) bond motifs is 1. The fourth-order valence-electron chi connectivity index (χ4n) is 1.65. The van der Waals surface area contributed by atoms with E-state index >= 15 is 0 Å². The predicted molar refractivity (Wildman–Crippen MR) is 79.8 cm³/mol. The van der Waals surface area contributed by atoms with Crippen LogP contribution in [0.3, 0.4) is 0 Å². The fraction of sp³-hybridized carbons (Fsp3) is 0.188. The van der Waals surface area contributed by atoms with Gasteiger partial charge in [-0.1, -0.05) is 24.0 Å². The quantitative estimate of drug-likeness (QED) is 0.525. The molecule has 0 aliphatic heterocycles. The van der Waals surface area contributed by atoms with Crippen molar-refractivity contribution in [3.05, 3.63) is 42.2 Å². The molecule has 0 atom stereocenters. The van der Waals surface area contributed by atoms with Crippen molar-refractivity contribution in [1.29, 1.82) is 5.26 Å². The Kier molecular flexibility index (Phi) is 4.70. The van der Waals surface area contributed by atoms with Gasteiger partial charge in [0.15, 0.2) is 0 Å². The van der Waals surface area contributed by atoms with Crippen molar-refractivity contribution >= 4 is 16.7 Å². The Hall–Kier alpha value is -2.85. The molecule has 0 saturated heterocycles. The van der Waals surface area contributed by atoms with E-state index < -0.39 is 0 Å². The van der Waals surface area contributed by atoms with E-state index in [2.05, 4.69) is 27.1 Å². The number of allylic oxidation sites excluding steroid dienone is 2. The third kappa shape index (κ3) is 3.57. The summed E-state index contributed by atoms with van der Waals surface area (Å²) in [6, 6.07) is 9.89. The van der Waals surface area contributed by atoms with Crippen molar-refractivity contribution in [2.75, 3.05) is 11.9 Å². The largest absolute Gasteiger partial charge is 0.368 e. The lowest BCUT2D eigenvalue weighted by Gasteiger charge is -2.05. The zero-order valence-corrected chi connectivity index (χ0v) is 11.2. The van der Waals surface area contributed by atoms with Crippen molar-refractivity contribution in [1.82, 2.24) is 9.97 Å². The highest BCUT2D eigenvalue weighted by Gasteiger charge is 2.00. The Morgan fingerprint density at radius 2 is 2.20 bits per heavy atom. The second kappa shape index (κ2) is 6.92. The summed E-state index contributed by atoms with van der Waals surface area (Å²) >= 11 is 0. The number of nitrogens with zero attached hydrogens (tertiary/aromatic N) is 3. The molecule has 0 aliphatic rings. The lowest BCUT2D eigenvalue weighted by Crippen LogP contribution is -2.03. The van der Waals surface area contributed by atoms with Crippen LogP contribution in [0.1, 0.15) is 13.3 Å². The van der Waals surface area contributed by atoms with Gasteiger partial charge in [0.05, 0.1) is 11.6 Å². The van der Waals surface area contributed by atoms with Crippen LogP contribution in [0.5, 0.6) is 0 Å². The fourth-order valence-corrected chi connectivity index (χ4v) is 1.65. The average molecular weight is 262 g/mol.